The van der Waals surface area contributed by atoms with Crippen LogP contribution in [-0.4, -0.2) is 15.4 Å². The Morgan fingerprint density at radius 3 is 2.67 bits per heavy atom. The van der Waals surface area contributed by atoms with Gasteiger partial charge in [0.05, 0.1) is 17.1 Å². The summed E-state index contributed by atoms with van der Waals surface area (Å²) < 4.78 is 0. The topological polar surface area (TPSA) is 68.1 Å². The molecule has 1 fully saturated rings. The molecule has 6 heteroatoms. The summed E-state index contributed by atoms with van der Waals surface area (Å²) in [7, 11) is 0. The zero-order valence-corrected chi connectivity index (χ0v) is 11.0. The third-order valence-electron chi connectivity index (χ3n) is 3.38. The van der Waals surface area contributed by atoms with Gasteiger partial charge in [-0.05, 0) is 19.8 Å². The van der Waals surface area contributed by atoms with Crippen molar-refractivity contribution in [1.29, 1.82) is 0 Å². The number of nitrogens with one attached hydrogen (secondary N) is 1. The molecule has 0 atom stereocenters. The molecule has 18 heavy (non-hydrogen) atoms. The second-order valence-electron chi connectivity index (χ2n) is 5.04. The number of aromatic nitrogens is 1. The van der Waals surface area contributed by atoms with Crippen molar-refractivity contribution < 1.29 is 4.92 Å². The van der Waals surface area contributed by atoms with E-state index in [2.05, 4.69) is 17.2 Å². The van der Waals surface area contributed by atoms with E-state index in [9.17, 15) is 10.1 Å². The van der Waals surface area contributed by atoms with Crippen molar-refractivity contribution in [3.8, 4) is 0 Å². The van der Waals surface area contributed by atoms with Crippen LogP contribution in [0.2, 0.25) is 5.15 Å². The quantitative estimate of drug-likeness (QED) is 0.515. The molecule has 1 aliphatic carbocycles. The van der Waals surface area contributed by atoms with Gasteiger partial charge in [-0.3, -0.25) is 10.1 Å². The zero-order chi connectivity index (χ0) is 13.2. The molecule has 0 radical (unpaired) electrons. The van der Waals surface area contributed by atoms with Crippen molar-refractivity contribution >= 4 is 23.1 Å². The largest absolute Gasteiger partial charge is 0.365 e. The van der Waals surface area contributed by atoms with Crippen molar-refractivity contribution in [2.45, 2.75) is 44.6 Å². The monoisotopic (exact) mass is 269 g/mol. The summed E-state index contributed by atoms with van der Waals surface area (Å²) in [4.78, 5) is 14.4. The lowest BCUT2D eigenvalue weighted by Crippen LogP contribution is -2.37. The van der Waals surface area contributed by atoms with Gasteiger partial charge in [-0.1, -0.05) is 30.9 Å². The molecule has 1 aliphatic rings. The highest BCUT2D eigenvalue weighted by Crippen LogP contribution is 2.32. The second kappa shape index (κ2) is 5.10. The van der Waals surface area contributed by atoms with E-state index in [1.165, 1.54) is 31.4 Å². The number of halogens is 1. The zero-order valence-electron chi connectivity index (χ0n) is 10.3. The van der Waals surface area contributed by atoms with E-state index < -0.39 is 4.92 Å². The number of pyridine rings is 1. The van der Waals surface area contributed by atoms with E-state index in [0.29, 0.717) is 5.82 Å². The Bertz CT molecular complexity index is 459. The summed E-state index contributed by atoms with van der Waals surface area (Å²) in [5.41, 5.74) is -0.0685. The maximum atomic E-state index is 10.8. The van der Waals surface area contributed by atoms with E-state index >= 15 is 0 Å². The maximum absolute atomic E-state index is 10.8. The minimum absolute atomic E-state index is 0.0306. The Hall–Kier alpha value is -1.36. The van der Waals surface area contributed by atoms with Crippen molar-refractivity contribution in [2.75, 3.05) is 5.32 Å². The number of nitrogens with zero attached hydrogens (tertiary/aromatic N) is 2. The van der Waals surface area contributed by atoms with Gasteiger partial charge in [0.2, 0.25) is 0 Å². The van der Waals surface area contributed by atoms with E-state index in [1.807, 2.05) is 0 Å². The average molecular weight is 270 g/mol. The lowest BCUT2D eigenvalue weighted by atomic mass is 9.83. The second-order valence-corrected chi connectivity index (χ2v) is 5.42. The van der Waals surface area contributed by atoms with Gasteiger partial charge < -0.3 is 5.32 Å². The van der Waals surface area contributed by atoms with Crippen LogP contribution in [0.3, 0.4) is 0 Å². The molecule has 0 amide bonds. The maximum Gasteiger partial charge on any atom is 0.276 e. The molecule has 0 bridgehead atoms. The van der Waals surface area contributed by atoms with Gasteiger partial charge in [-0.25, -0.2) is 4.98 Å². The highest BCUT2D eigenvalue weighted by Gasteiger charge is 2.27. The molecule has 0 aromatic carbocycles. The Morgan fingerprint density at radius 2 is 2.06 bits per heavy atom. The first-order valence-electron chi connectivity index (χ1n) is 6.09. The lowest BCUT2D eigenvalue weighted by molar-refractivity contribution is -0.384. The van der Waals surface area contributed by atoms with Crippen LogP contribution in [0.1, 0.15) is 39.0 Å². The van der Waals surface area contributed by atoms with Crippen LogP contribution < -0.4 is 5.32 Å². The average Bonchev–Trinajstić information content (AvgIpc) is 2.28. The highest BCUT2D eigenvalue weighted by atomic mass is 35.5. The van der Waals surface area contributed by atoms with Gasteiger partial charge in [0, 0.05) is 5.54 Å². The summed E-state index contributed by atoms with van der Waals surface area (Å²) in [6.45, 7) is 2.13. The summed E-state index contributed by atoms with van der Waals surface area (Å²) in [6, 6.07) is 2.70. The van der Waals surface area contributed by atoms with E-state index in [1.54, 1.807) is 0 Å². The Balaban J connectivity index is 2.20. The normalized spacial score (nSPS) is 18.3. The molecule has 1 heterocycles. The van der Waals surface area contributed by atoms with Crippen molar-refractivity contribution in [3.63, 3.8) is 0 Å². The first-order valence-corrected chi connectivity index (χ1v) is 6.46. The third kappa shape index (κ3) is 3.10. The summed E-state index contributed by atoms with van der Waals surface area (Å²) >= 11 is 5.80. The molecule has 1 aromatic rings. The van der Waals surface area contributed by atoms with E-state index in [0.717, 1.165) is 12.8 Å². The molecule has 5 nitrogen and oxygen atoms in total. The molecule has 0 saturated heterocycles. The Kier molecular flexibility index (Phi) is 3.71. The van der Waals surface area contributed by atoms with Crippen molar-refractivity contribution in [2.24, 2.45) is 0 Å². The Morgan fingerprint density at radius 1 is 1.39 bits per heavy atom. The van der Waals surface area contributed by atoms with Crippen LogP contribution in [0, 0.1) is 10.1 Å². The standard InChI is InChI=1S/C12H16ClN3O2/c1-12(5-3-2-4-6-12)15-11-8-9(16(17)18)7-10(13)14-11/h7-8H,2-6H2,1H3,(H,14,15). The molecule has 1 saturated carbocycles. The van der Waals surface area contributed by atoms with Gasteiger partial charge >= 0.3 is 0 Å². The lowest BCUT2D eigenvalue weighted by Gasteiger charge is -2.35. The molecule has 1 N–H and O–H groups in total. The first-order chi connectivity index (χ1) is 8.48. The predicted octanol–water partition coefficient (Wildman–Crippen LogP) is 3.78. The van der Waals surface area contributed by atoms with Gasteiger partial charge in [0.25, 0.3) is 5.69 Å². The molecular formula is C12H16ClN3O2. The fourth-order valence-corrected chi connectivity index (χ4v) is 2.62. The fraction of sp³-hybridized carbons (Fsp3) is 0.583. The van der Waals surface area contributed by atoms with Crippen molar-refractivity contribution in [3.05, 3.63) is 27.4 Å². The van der Waals surface area contributed by atoms with Crippen LogP contribution in [0.4, 0.5) is 11.5 Å². The third-order valence-corrected chi connectivity index (χ3v) is 3.57. The molecule has 0 aliphatic heterocycles. The van der Waals surface area contributed by atoms with E-state index in [4.69, 9.17) is 11.6 Å². The molecule has 2 rings (SSSR count). The summed E-state index contributed by atoms with van der Waals surface area (Å²) in [5.74, 6) is 0.485. The number of hydrogen-bond acceptors (Lipinski definition) is 4. The van der Waals surface area contributed by atoms with Crippen LogP contribution in [-0.2, 0) is 0 Å². The van der Waals surface area contributed by atoms with Crippen LogP contribution in [0.25, 0.3) is 0 Å². The Labute approximate surface area is 111 Å². The molecular weight excluding hydrogens is 254 g/mol. The number of anilines is 1. The minimum Gasteiger partial charge on any atom is -0.365 e. The highest BCUT2D eigenvalue weighted by molar-refractivity contribution is 6.29. The predicted molar refractivity (Wildman–Crippen MR) is 71.0 cm³/mol. The summed E-state index contributed by atoms with van der Waals surface area (Å²) in [6.07, 6.45) is 5.70. The molecule has 1 aromatic heterocycles. The van der Waals surface area contributed by atoms with Crippen LogP contribution in [0.15, 0.2) is 12.1 Å². The number of hydrogen-bond donors (Lipinski definition) is 1. The van der Waals surface area contributed by atoms with Crippen LogP contribution in [0.5, 0.6) is 0 Å². The number of nitro groups is 1. The first kappa shape index (κ1) is 13.1. The van der Waals surface area contributed by atoms with Crippen molar-refractivity contribution in [1.82, 2.24) is 4.98 Å². The number of rotatable bonds is 3. The van der Waals surface area contributed by atoms with Gasteiger partial charge in [-0.15, -0.1) is 0 Å². The van der Waals surface area contributed by atoms with E-state index in [-0.39, 0.29) is 16.4 Å². The molecule has 0 unspecified atom stereocenters. The van der Waals surface area contributed by atoms with Gasteiger partial charge in [0.15, 0.2) is 0 Å². The SMILES string of the molecule is CC1(Nc2cc([N+](=O)[O-])cc(Cl)n2)CCCCC1. The van der Waals surface area contributed by atoms with Crippen LogP contribution >= 0.6 is 11.6 Å². The molecule has 98 valence electrons. The van der Waals surface area contributed by atoms with Gasteiger partial charge in [0.1, 0.15) is 11.0 Å². The smallest absolute Gasteiger partial charge is 0.276 e. The van der Waals surface area contributed by atoms with Gasteiger partial charge in [-0.2, -0.15) is 0 Å². The summed E-state index contributed by atoms with van der Waals surface area (Å²) in [5, 5.41) is 14.2. The fourth-order valence-electron chi connectivity index (χ4n) is 2.42. The molecule has 0 spiro atoms. The minimum atomic E-state index is -0.456.